The number of anilines is 1. The zero-order valence-corrected chi connectivity index (χ0v) is 17.4. The maximum absolute atomic E-state index is 12.5. The third-order valence-corrected chi connectivity index (χ3v) is 6.33. The van der Waals surface area contributed by atoms with Gasteiger partial charge in [-0.15, -0.1) is 11.8 Å². The van der Waals surface area contributed by atoms with Gasteiger partial charge in [-0.3, -0.25) is 9.59 Å². The van der Waals surface area contributed by atoms with Crippen LogP contribution in [0.4, 0.5) is 5.69 Å². The second-order valence-electron chi connectivity index (χ2n) is 6.46. The van der Waals surface area contributed by atoms with Crippen LogP contribution < -0.4 is 5.32 Å². The van der Waals surface area contributed by atoms with Crippen LogP contribution in [0.5, 0.6) is 0 Å². The van der Waals surface area contributed by atoms with Gasteiger partial charge in [0.2, 0.25) is 5.91 Å². The molecular weight excluding hydrogens is 431 g/mol. The molecule has 2 aromatic carbocycles. The normalized spacial score (nSPS) is 16.3. The molecule has 1 fully saturated rings. The number of rotatable bonds is 5. The summed E-state index contributed by atoms with van der Waals surface area (Å²) in [6.07, 6.45) is 1.59. The molecule has 29 heavy (non-hydrogen) atoms. The summed E-state index contributed by atoms with van der Waals surface area (Å²) >= 11 is 13.6. The Morgan fingerprint density at radius 1 is 1.17 bits per heavy atom. The fraction of sp³-hybridized carbons (Fsp3) is 0.143. The van der Waals surface area contributed by atoms with Crippen molar-refractivity contribution in [2.75, 3.05) is 11.1 Å². The van der Waals surface area contributed by atoms with Crippen molar-refractivity contribution in [2.24, 2.45) is 0 Å². The number of hydrogen-bond acceptors (Lipinski definition) is 4. The molecule has 1 atom stereocenters. The molecule has 1 aromatic heterocycles. The largest absolute Gasteiger partial charge is 0.467 e. The van der Waals surface area contributed by atoms with Crippen molar-refractivity contribution in [1.82, 2.24) is 4.90 Å². The number of halogens is 2. The first-order chi connectivity index (χ1) is 14.0. The highest BCUT2D eigenvalue weighted by molar-refractivity contribution is 8.00. The summed E-state index contributed by atoms with van der Waals surface area (Å²) in [7, 11) is 0. The molecule has 0 aliphatic carbocycles. The van der Waals surface area contributed by atoms with Gasteiger partial charge >= 0.3 is 0 Å². The first-order valence-corrected chi connectivity index (χ1v) is 10.6. The highest BCUT2D eigenvalue weighted by atomic mass is 35.5. The van der Waals surface area contributed by atoms with Crippen molar-refractivity contribution >= 4 is 52.5 Å². The number of carbonyl (C=O) groups excluding carboxylic acids is 2. The second-order valence-corrected chi connectivity index (χ2v) is 8.38. The summed E-state index contributed by atoms with van der Waals surface area (Å²) < 4.78 is 5.38. The molecular formula is C21H16Cl2N2O3S. The molecule has 0 radical (unpaired) electrons. The highest BCUT2D eigenvalue weighted by Crippen LogP contribution is 2.39. The third kappa shape index (κ3) is 4.45. The van der Waals surface area contributed by atoms with Gasteiger partial charge in [0.25, 0.3) is 5.91 Å². The minimum absolute atomic E-state index is 0.0637. The van der Waals surface area contributed by atoms with Crippen LogP contribution in [0.3, 0.4) is 0 Å². The topological polar surface area (TPSA) is 62.6 Å². The van der Waals surface area contributed by atoms with Crippen LogP contribution in [-0.4, -0.2) is 22.5 Å². The number of thioether (sulfide) groups is 1. The van der Waals surface area contributed by atoms with E-state index in [0.29, 0.717) is 33.6 Å². The molecule has 2 amide bonds. The lowest BCUT2D eigenvalue weighted by Gasteiger charge is -2.23. The van der Waals surface area contributed by atoms with Gasteiger partial charge in [-0.05, 0) is 48.0 Å². The average Bonchev–Trinajstić information content (AvgIpc) is 3.36. The molecule has 0 saturated carbocycles. The molecule has 1 saturated heterocycles. The summed E-state index contributed by atoms with van der Waals surface area (Å²) in [5, 5.41) is 3.54. The summed E-state index contributed by atoms with van der Waals surface area (Å²) in [5.41, 5.74) is 1.89. The van der Waals surface area contributed by atoms with Crippen LogP contribution in [-0.2, 0) is 11.3 Å². The zero-order chi connectivity index (χ0) is 20.4. The van der Waals surface area contributed by atoms with E-state index in [2.05, 4.69) is 5.32 Å². The van der Waals surface area contributed by atoms with E-state index < -0.39 is 0 Å². The number of hydrogen-bond donors (Lipinski definition) is 1. The number of carbonyl (C=O) groups is 2. The number of furan rings is 1. The highest BCUT2D eigenvalue weighted by Gasteiger charge is 2.33. The van der Waals surface area contributed by atoms with E-state index in [9.17, 15) is 9.59 Å². The number of amides is 2. The lowest BCUT2D eigenvalue weighted by atomic mass is 10.1. The molecule has 0 unspecified atom stereocenters. The van der Waals surface area contributed by atoms with Crippen LogP contribution in [0.15, 0.2) is 65.3 Å². The van der Waals surface area contributed by atoms with Gasteiger partial charge in [-0.1, -0.05) is 35.3 Å². The first kappa shape index (κ1) is 19.9. The van der Waals surface area contributed by atoms with Crippen molar-refractivity contribution in [2.45, 2.75) is 11.9 Å². The predicted octanol–water partition coefficient (Wildman–Crippen LogP) is 5.61. The van der Waals surface area contributed by atoms with Crippen LogP contribution >= 0.6 is 35.0 Å². The van der Waals surface area contributed by atoms with Gasteiger partial charge in [0, 0.05) is 10.6 Å². The lowest BCUT2D eigenvalue weighted by Crippen LogP contribution is -2.27. The molecule has 0 spiro atoms. The Morgan fingerprint density at radius 3 is 2.69 bits per heavy atom. The quantitative estimate of drug-likeness (QED) is 0.552. The number of nitrogens with zero attached hydrogens (tertiary/aromatic N) is 1. The van der Waals surface area contributed by atoms with Crippen LogP contribution in [0, 0.1) is 0 Å². The van der Waals surface area contributed by atoms with E-state index in [4.69, 9.17) is 27.6 Å². The van der Waals surface area contributed by atoms with Crippen LogP contribution in [0.2, 0.25) is 10.0 Å². The van der Waals surface area contributed by atoms with Gasteiger partial charge in [0.15, 0.2) is 0 Å². The Kier molecular flexibility index (Phi) is 5.85. The zero-order valence-electron chi connectivity index (χ0n) is 15.1. The fourth-order valence-electron chi connectivity index (χ4n) is 3.06. The molecule has 8 heteroatoms. The predicted molar refractivity (Wildman–Crippen MR) is 115 cm³/mol. The van der Waals surface area contributed by atoms with Crippen molar-refractivity contribution in [3.8, 4) is 0 Å². The van der Waals surface area contributed by atoms with Gasteiger partial charge in [0.05, 0.1) is 29.3 Å². The van der Waals surface area contributed by atoms with Crippen molar-refractivity contribution in [3.05, 3.63) is 87.8 Å². The Hall–Kier alpha value is -2.41. The molecule has 1 aliphatic heterocycles. The molecule has 5 nitrogen and oxygen atoms in total. The molecule has 3 aromatic rings. The van der Waals surface area contributed by atoms with E-state index >= 15 is 0 Å². The Bertz CT molecular complexity index is 1040. The van der Waals surface area contributed by atoms with Crippen molar-refractivity contribution in [3.63, 3.8) is 0 Å². The van der Waals surface area contributed by atoms with Crippen molar-refractivity contribution in [1.29, 1.82) is 0 Å². The van der Waals surface area contributed by atoms with E-state index in [1.54, 1.807) is 59.3 Å². The Labute approximate surface area is 182 Å². The Balaban J connectivity index is 1.49. The van der Waals surface area contributed by atoms with E-state index in [1.165, 1.54) is 0 Å². The minimum Gasteiger partial charge on any atom is -0.467 e. The maximum Gasteiger partial charge on any atom is 0.255 e. The number of nitrogens with one attached hydrogen (secondary N) is 1. The average molecular weight is 447 g/mol. The van der Waals surface area contributed by atoms with E-state index in [1.807, 2.05) is 18.2 Å². The van der Waals surface area contributed by atoms with Gasteiger partial charge in [0.1, 0.15) is 11.1 Å². The van der Waals surface area contributed by atoms with Gasteiger partial charge in [-0.2, -0.15) is 0 Å². The molecule has 148 valence electrons. The Morgan fingerprint density at radius 2 is 1.97 bits per heavy atom. The second kappa shape index (κ2) is 8.53. The molecule has 0 bridgehead atoms. The number of benzene rings is 2. The fourth-order valence-corrected chi connectivity index (χ4v) is 4.58. The van der Waals surface area contributed by atoms with Gasteiger partial charge in [-0.25, -0.2) is 0 Å². The summed E-state index contributed by atoms with van der Waals surface area (Å²) in [5.74, 6) is 0.929. The molecule has 4 rings (SSSR count). The van der Waals surface area contributed by atoms with Crippen LogP contribution in [0.1, 0.15) is 27.1 Å². The lowest BCUT2D eigenvalue weighted by molar-refractivity contribution is -0.128. The third-order valence-electron chi connectivity index (χ3n) is 4.51. The van der Waals surface area contributed by atoms with Crippen molar-refractivity contribution < 1.29 is 14.0 Å². The molecule has 2 heterocycles. The smallest absolute Gasteiger partial charge is 0.255 e. The maximum atomic E-state index is 12.5. The van der Waals surface area contributed by atoms with Gasteiger partial charge < -0.3 is 14.6 Å². The van der Waals surface area contributed by atoms with Crippen LogP contribution in [0.25, 0.3) is 0 Å². The summed E-state index contributed by atoms with van der Waals surface area (Å²) in [6.45, 7) is 0.416. The molecule has 1 N–H and O–H groups in total. The monoisotopic (exact) mass is 446 g/mol. The minimum atomic E-state index is -0.289. The SMILES string of the molecule is O=C(Nc1cc(Cl)ccc1Cl)c1ccc([C@@H]2SCC(=O)N2Cc2ccco2)cc1. The summed E-state index contributed by atoms with van der Waals surface area (Å²) in [6, 6.07) is 15.7. The summed E-state index contributed by atoms with van der Waals surface area (Å²) in [4.78, 5) is 26.6. The first-order valence-electron chi connectivity index (χ1n) is 8.81. The van der Waals surface area contributed by atoms with E-state index in [0.717, 1.165) is 11.3 Å². The molecule has 1 aliphatic rings. The standard InChI is InChI=1S/C21H16Cl2N2O3S/c22-15-7-8-17(23)18(10-15)24-20(27)13-3-5-14(6-4-13)21-25(19(26)12-29-21)11-16-2-1-9-28-16/h1-10,21H,11-12H2,(H,24,27)/t21-/m0/s1. The van der Waals surface area contributed by atoms with E-state index in [-0.39, 0.29) is 17.2 Å².